The molecule has 1 unspecified atom stereocenters. The third kappa shape index (κ3) is 6.52. The summed E-state index contributed by atoms with van der Waals surface area (Å²) < 4.78 is 23.7. The van der Waals surface area contributed by atoms with Crippen LogP contribution in [0.1, 0.15) is 18.9 Å². The molecule has 0 heterocycles. The van der Waals surface area contributed by atoms with Gasteiger partial charge in [-0.2, -0.15) is 0 Å². The summed E-state index contributed by atoms with van der Waals surface area (Å²) in [5.74, 6) is 0.360. The summed E-state index contributed by atoms with van der Waals surface area (Å²) in [5.41, 5.74) is 0.765. The fourth-order valence-electron chi connectivity index (χ4n) is 1.56. The molecule has 1 rings (SSSR count). The molecule has 5 heteroatoms. The molecule has 0 spiro atoms. The topological polar surface area (TPSA) is 50.7 Å². The Kier molecular flexibility index (Phi) is 7.40. The highest BCUT2D eigenvalue weighted by molar-refractivity contribution is 5.33. The quantitative estimate of drug-likeness (QED) is 0.671. The lowest BCUT2D eigenvalue weighted by atomic mass is 10.2. The molecule has 0 saturated carbocycles. The Morgan fingerprint density at radius 3 is 2.84 bits per heavy atom. The van der Waals surface area contributed by atoms with Crippen molar-refractivity contribution in [3.05, 3.63) is 29.6 Å². The van der Waals surface area contributed by atoms with Crippen LogP contribution in [0.2, 0.25) is 0 Å². The van der Waals surface area contributed by atoms with Crippen LogP contribution < -0.4 is 10.1 Å². The molecule has 19 heavy (non-hydrogen) atoms. The van der Waals surface area contributed by atoms with Crippen molar-refractivity contribution in [1.29, 1.82) is 0 Å². The second-order valence-corrected chi connectivity index (χ2v) is 4.41. The average molecular weight is 271 g/mol. The Morgan fingerprint density at radius 1 is 1.37 bits per heavy atom. The summed E-state index contributed by atoms with van der Waals surface area (Å²) in [6, 6.07) is 4.44. The van der Waals surface area contributed by atoms with E-state index in [1.165, 1.54) is 12.1 Å². The number of methoxy groups -OCH3 is 1. The van der Waals surface area contributed by atoms with Gasteiger partial charge in [0.25, 0.3) is 0 Å². The van der Waals surface area contributed by atoms with Crippen LogP contribution in [0.3, 0.4) is 0 Å². The van der Waals surface area contributed by atoms with E-state index in [0.717, 1.165) is 5.56 Å². The lowest BCUT2D eigenvalue weighted by Gasteiger charge is -2.13. The molecule has 0 aromatic heterocycles. The van der Waals surface area contributed by atoms with Crippen molar-refractivity contribution in [2.45, 2.75) is 26.0 Å². The van der Waals surface area contributed by atoms with E-state index in [2.05, 4.69) is 5.32 Å². The Hall–Kier alpha value is -1.17. The summed E-state index contributed by atoms with van der Waals surface area (Å²) in [4.78, 5) is 0. The highest BCUT2D eigenvalue weighted by Gasteiger charge is 2.06. The summed E-state index contributed by atoms with van der Waals surface area (Å²) >= 11 is 0. The highest BCUT2D eigenvalue weighted by atomic mass is 19.1. The summed E-state index contributed by atoms with van der Waals surface area (Å²) in [6.07, 6.45) is 0.150. The molecule has 1 aromatic rings. The van der Waals surface area contributed by atoms with E-state index in [0.29, 0.717) is 38.5 Å². The largest absolute Gasteiger partial charge is 0.493 e. The van der Waals surface area contributed by atoms with Crippen molar-refractivity contribution in [3.63, 3.8) is 0 Å². The minimum Gasteiger partial charge on any atom is -0.493 e. The van der Waals surface area contributed by atoms with Gasteiger partial charge in [-0.1, -0.05) is 0 Å². The minimum atomic E-state index is -0.399. The van der Waals surface area contributed by atoms with E-state index < -0.39 is 6.10 Å². The van der Waals surface area contributed by atoms with Gasteiger partial charge in [-0.15, -0.1) is 0 Å². The number of nitrogens with one attached hydrogen (secondary N) is 1. The summed E-state index contributed by atoms with van der Waals surface area (Å²) in [6.45, 7) is 3.94. The third-order valence-electron chi connectivity index (χ3n) is 2.61. The number of ether oxygens (including phenoxy) is 2. The number of benzene rings is 1. The maximum Gasteiger partial charge on any atom is 0.123 e. The molecule has 0 aliphatic carbocycles. The second-order valence-electron chi connectivity index (χ2n) is 4.41. The predicted octanol–water partition coefficient (Wildman–Crippen LogP) is 1.71. The molecule has 4 nitrogen and oxygen atoms in total. The van der Waals surface area contributed by atoms with Crippen LogP contribution >= 0.6 is 0 Å². The molecular formula is C14H22FNO3. The van der Waals surface area contributed by atoms with E-state index in [-0.39, 0.29) is 5.82 Å². The number of rotatable bonds is 9. The molecule has 2 N–H and O–H groups in total. The predicted molar refractivity (Wildman–Crippen MR) is 71.8 cm³/mol. The van der Waals surface area contributed by atoms with E-state index in [1.807, 2.05) is 0 Å². The maximum absolute atomic E-state index is 13.2. The maximum atomic E-state index is 13.2. The zero-order valence-electron chi connectivity index (χ0n) is 11.5. The van der Waals surface area contributed by atoms with Crippen LogP contribution in [0.15, 0.2) is 18.2 Å². The van der Waals surface area contributed by atoms with Crippen LogP contribution in [0, 0.1) is 5.82 Å². The Balaban J connectivity index is 2.53. The van der Waals surface area contributed by atoms with Crippen LogP contribution in [-0.2, 0) is 11.3 Å². The highest BCUT2D eigenvalue weighted by Crippen LogP contribution is 2.20. The van der Waals surface area contributed by atoms with Gasteiger partial charge in [0.15, 0.2) is 0 Å². The van der Waals surface area contributed by atoms with Crippen molar-refractivity contribution >= 4 is 0 Å². The summed E-state index contributed by atoms with van der Waals surface area (Å²) in [7, 11) is 1.63. The van der Waals surface area contributed by atoms with Gasteiger partial charge in [0.05, 0.1) is 19.3 Å². The fourth-order valence-corrected chi connectivity index (χ4v) is 1.56. The number of halogens is 1. The van der Waals surface area contributed by atoms with Gasteiger partial charge in [0.2, 0.25) is 0 Å². The van der Waals surface area contributed by atoms with Gasteiger partial charge in [-0.25, -0.2) is 4.39 Å². The Labute approximate surface area is 113 Å². The molecule has 0 saturated heterocycles. The summed E-state index contributed by atoms with van der Waals surface area (Å²) in [5, 5.41) is 12.3. The first-order valence-electron chi connectivity index (χ1n) is 6.42. The molecule has 0 aliphatic rings. The van der Waals surface area contributed by atoms with Crippen molar-refractivity contribution < 1.29 is 19.0 Å². The first kappa shape index (κ1) is 15.9. The normalized spacial score (nSPS) is 12.4. The number of hydrogen-bond donors (Lipinski definition) is 2. The third-order valence-corrected chi connectivity index (χ3v) is 2.61. The molecular weight excluding hydrogens is 249 g/mol. The molecule has 0 bridgehead atoms. The van der Waals surface area contributed by atoms with Gasteiger partial charge in [-0.05, 0) is 25.1 Å². The van der Waals surface area contributed by atoms with Crippen LogP contribution in [0.4, 0.5) is 4.39 Å². The molecule has 1 atom stereocenters. The molecule has 0 fully saturated rings. The molecule has 108 valence electrons. The van der Waals surface area contributed by atoms with E-state index in [9.17, 15) is 9.50 Å². The van der Waals surface area contributed by atoms with Gasteiger partial charge >= 0.3 is 0 Å². The Morgan fingerprint density at radius 2 is 2.16 bits per heavy atom. The first-order chi connectivity index (χ1) is 9.13. The van der Waals surface area contributed by atoms with Crippen molar-refractivity contribution in [1.82, 2.24) is 5.32 Å². The second kappa shape index (κ2) is 8.85. The van der Waals surface area contributed by atoms with E-state index in [1.54, 1.807) is 20.1 Å². The van der Waals surface area contributed by atoms with Crippen molar-refractivity contribution in [2.75, 3.05) is 26.9 Å². The van der Waals surface area contributed by atoms with Gasteiger partial charge in [0.1, 0.15) is 11.6 Å². The SMILES string of the molecule is COCCNCc1cc(F)ccc1OCCC(C)O. The molecule has 0 aliphatic heterocycles. The number of aliphatic hydroxyl groups is 1. The van der Waals surface area contributed by atoms with Crippen molar-refractivity contribution in [3.8, 4) is 5.75 Å². The zero-order chi connectivity index (χ0) is 14.1. The standard InChI is InChI=1S/C14H22FNO3/c1-11(17)5-7-19-14-4-3-13(15)9-12(14)10-16-6-8-18-2/h3-4,9,11,16-17H,5-8,10H2,1-2H3. The zero-order valence-corrected chi connectivity index (χ0v) is 11.5. The molecule has 0 amide bonds. The Bertz CT molecular complexity index is 372. The number of aliphatic hydroxyl groups excluding tert-OH is 1. The van der Waals surface area contributed by atoms with E-state index in [4.69, 9.17) is 9.47 Å². The molecule has 1 aromatic carbocycles. The smallest absolute Gasteiger partial charge is 0.123 e. The lowest BCUT2D eigenvalue weighted by Crippen LogP contribution is -2.19. The van der Waals surface area contributed by atoms with Crippen molar-refractivity contribution in [2.24, 2.45) is 0 Å². The van der Waals surface area contributed by atoms with Gasteiger partial charge in [0, 0.05) is 32.2 Å². The van der Waals surface area contributed by atoms with Crippen LogP contribution in [0.5, 0.6) is 5.75 Å². The fraction of sp³-hybridized carbons (Fsp3) is 0.571. The lowest BCUT2D eigenvalue weighted by molar-refractivity contribution is 0.155. The molecule has 0 radical (unpaired) electrons. The van der Waals surface area contributed by atoms with Gasteiger partial charge in [-0.3, -0.25) is 0 Å². The van der Waals surface area contributed by atoms with Gasteiger partial charge < -0.3 is 19.9 Å². The van der Waals surface area contributed by atoms with E-state index >= 15 is 0 Å². The minimum absolute atomic E-state index is 0.286. The number of hydrogen-bond acceptors (Lipinski definition) is 4. The van der Waals surface area contributed by atoms with Crippen LogP contribution in [-0.4, -0.2) is 38.1 Å². The van der Waals surface area contributed by atoms with Crippen LogP contribution in [0.25, 0.3) is 0 Å². The first-order valence-corrected chi connectivity index (χ1v) is 6.42. The monoisotopic (exact) mass is 271 g/mol. The average Bonchev–Trinajstić information content (AvgIpc) is 2.36.